The molecule has 3 aromatic heterocycles. The second-order valence-corrected chi connectivity index (χ2v) is 9.83. The lowest BCUT2D eigenvalue weighted by atomic mass is 10.0. The van der Waals surface area contributed by atoms with Gasteiger partial charge in [0.2, 0.25) is 0 Å². The summed E-state index contributed by atoms with van der Waals surface area (Å²) in [6.07, 6.45) is 5.95. The molecular weight excluding hydrogens is 464 g/mol. The Labute approximate surface area is 220 Å². The van der Waals surface area contributed by atoms with E-state index in [1.165, 1.54) is 43.9 Å². The van der Waals surface area contributed by atoms with E-state index in [2.05, 4.69) is 112 Å². The Hall–Kier alpha value is -4.96. The van der Waals surface area contributed by atoms with Crippen LogP contribution >= 0.6 is 0 Å². The number of aryl methyl sites for hydroxylation is 1. The van der Waals surface area contributed by atoms with Crippen LogP contribution in [-0.4, -0.2) is 20.3 Å². The molecule has 0 amide bonds. The van der Waals surface area contributed by atoms with Crippen molar-refractivity contribution in [2.45, 2.75) is 12.8 Å². The van der Waals surface area contributed by atoms with Gasteiger partial charge in [0.15, 0.2) is 0 Å². The average molecular weight is 489 g/mol. The fourth-order valence-corrected chi connectivity index (χ4v) is 5.96. The second-order valence-electron chi connectivity index (χ2n) is 9.83. The van der Waals surface area contributed by atoms with Crippen molar-refractivity contribution in [3.05, 3.63) is 121 Å². The third-order valence-electron chi connectivity index (χ3n) is 7.71. The van der Waals surface area contributed by atoms with Crippen LogP contribution in [0.25, 0.3) is 55.3 Å². The maximum Gasteiger partial charge on any atom is 0.145 e. The molecular formula is C34H24N4. The van der Waals surface area contributed by atoms with Crippen molar-refractivity contribution < 1.29 is 0 Å². The normalized spacial score (nSPS) is 12.9. The Morgan fingerprint density at radius 3 is 1.89 bits per heavy atom. The highest BCUT2D eigenvalue weighted by Gasteiger charge is 2.19. The number of hydrogen-bond donors (Lipinski definition) is 0. The molecule has 0 fully saturated rings. The molecule has 0 aliphatic carbocycles. The van der Waals surface area contributed by atoms with E-state index >= 15 is 0 Å². The minimum atomic E-state index is 0.982. The van der Waals surface area contributed by atoms with Gasteiger partial charge in [0.1, 0.15) is 11.5 Å². The van der Waals surface area contributed by atoms with Gasteiger partial charge in [0.25, 0.3) is 0 Å². The highest BCUT2D eigenvalue weighted by molar-refractivity contribution is 6.07. The van der Waals surface area contributed by atoms with Gasteiger partial charge in [0, 0.05) is 45.5 Å². The third kappa shape index (κ3) is 3.10. The van der Waals surface area contributed by atoms with Crippen LogP contribution in [0.3, 0.4) is 0 Å². The minimum Gasteiger partial charge on any atom is -0.294 e. The van der Waals surface area contributed by atoms with Crippen molar-refractivity contribution in [2.75, 3.05) is 0 Å². The lowest BCUT2D eigenvalue weighted by Crippen LogP contribution is -1.97. The van der Waals surface area contributed by atoms with Crippen LogP contribution in [0.5, 0.6) is 0 Å². The van der Waals surface area contributed by atoms with E-state index in [1.54, 1.807) is 0 Å². The number of fused-ring (bicyclic) bond motifs is 6. The summed E-state index contributed by atoms with van der Waals surface area (Å²) in [6.45, 7) is 0. The fourth-order valence-electron chi connectivity index (χ4n) is 5.96. The molecule has 4 nitrogen and oxygen atoms in total. The zero-order valence-electron chi connectivity index (χ0n) is 20.8. The van der Waals surface area contributed by atoms with Gasteiger partial charge in [-0.3, -0.25) is 9.13 Å². The van der Waals surface area contributed by atoms with Gasteiger partial charge in [-0.1, -0.05) is 60.7 Å². The predicted octanol–water partition coefficient (Wildman–Crippen LogP) is 8.44. The molecule has 0 N–H and O–H groups in total. The van der Waals surface area contributed by atoms with E-state index in [0.717, 1.165) is 35.7 Å². The molecule has 0 unspecified atom stereocenters. The first-order valence-corrected chi connectivity index (χ1v) is 13.1. The number of para-hydroxylation sites is 2. The van der Waals surface area contributed by atoms with Crippen molar-refractivity contribution >= 4 is 44.9 Å². The monoisotopic (exact) mass is 488 g/mol. The summed E-state index contributed by atoms with van der Waals surface area (Å²) in [6, 6.07) is 38.9. The number of aliphatic imine (C=N–C) groups is 1. The van der Waals surface area contributed by atoms with Crippen LogP contribution in [-0.2, 0) is 6.42 Å². The maximum atomic E-state index is 4.79. The van der Waals surface area contributed by atoms with E-state index in [-0.39, 0.29) is 0 Å². The topological polar surface area (TPSA) is 35.1 Å². The maximum absolute atomic E-state index is 4.79. The summed E-state index contributed by atoms with van der Waals surface area (Å²) in [5.74, 6) is 1.06. The third-order valence-corrected chi connectivity index (χ3v) is 7.71. The highest BCUT2D eigenvalue weighted by atomic mass is 15.1. The van der Waals surface area contributed by atoms with Crippen molar-refractivity contribution in [3.8, 4) is 22.5 Å². The molecule has 38 heavy (non-hydrogen) atoms. The van der Waals surface area contributed by atoms with Crippen LogP contribution in [0.1, 0.15) is 12.0 Å². The zero-order chi connectivity index (χ0) is 25.1. The Bertz CT molecular complexity index is 1950. The van der Waals surface area contributed by atoms with Crippen molar-refractivity contribution in [2.24, 2.45) is 4.99 Å². The molecule has 0 atom stereocenters. The number of rotatable bonds is 3. The molecule has 4 heteroatoms. The number of nitrogens with zero attached hydrogens (tertiary/aromatic N) is 4. The van der Waals surface area contributed by atoms with Gasteiger partial charge >= 0.3 is 0 Å². The molecule has 0 saturated carbocycles. The van der Waals surface area contributed by atoms with E-state index < -0.39 is 0 Å². The van der Waals surface area contributed by atoms with Crippen LogP contribution in [0, 0.1) is 0 Å². The first kappa shape index (κ1) is 21.2. The van der Waals surface area contributed by atoms with Crippen LogP contribution in [0.15, 0.2) is 120 Å². The summed E-state index contributed by atoms with van der Waals surface area (Å²) in [4.78, 5) is 9.51. The van der Waals surface area contributed by atoms with Gasteiger partial charge in [0.05, 0.1) is 11.0 Å². The van der Waals surface area contributed by atoms with Gasteiger partial charge in [-0.2, -0.15) is 0 Å². The van der Waals surface area contributed by atoms with Crippen molar-refractivity contribution in [1.82, 2.24) is 14.1 Å². The summed E-state index contributed by atoms with van der Waals surface area (Å²) in [7, 11) is 0. The Kier molecular flexibility index (Phi) is 4.61. The van der Waals surface area contributed by atoms with Crippen molar-refractivity contribution in [3.63, 3.8) is 0 Å². The molecule has 0 saturated heterocycles. The van der Waals surface area contributed by atoms with E-state index in [9.17, 15) is 0 Å². The molecule has 8 rings (SSSR count). The van der Waals surface area contributed by atoms with Crippen LogP contribution in [0.2, 0.25) is 0 Å². The van der Waals surface area contributed by atoms with Gasteiger partial charge in [-0.05, 0) is 72.5 Å². The van der Waals surface area contributed by atoms with Gasteiger partial charge < -0.3 is 0 Å². The van der Waals surface area contributed by atoms with Gasteiger partial charge in [-0.15, -0.1) is 0 Å². The largest absolute Gasteiger partial charge is 0.294 e. The minimum absolute atomic E-state index is 0.982. The molecule has 0 spiro atoms. The van der Waals surface area contributed by atoms with Crippen LogP contribution < -0.4 is 0 Å². The summed E-state index contributed by atoms with van der Waals surface area (Å²) >= 11 is 0. The second kappa shape index (κ2) is 8.29. The van der Waals surface area contributed by atoms with Gasteiger partial charge in [-0.25, -0.2) is 9.98 Å². The lowest BCUT2D eigenvalue weighted by molar-refractivity contribution is 1.00. The first-order valence-electron chi connectivity index (χ1n) is 13.1. The Morgan fingerprint density at radius 1 is 0.553 bits per heavy atom. The molecule has 1 aliphatic heterocycles. The molecule has 4 aromatic carbocycles. The molecule has 7 aromatic rings. The average Bonchev–Trinajstić information content (AvgIpc) is 3.51. The number of pyridine rings is 1. The molecule has 0 radical (unpaired) electrons. The quantitative estimate of drug-likeness (QED) is 0.246. The lowest BCUT2D eigenvalue weighted by Gasteiger charge is -2.12. The summed E-state index contributed by atoms with van der Waals surface area (Å²) < 4.78 is 4.54. The number of aromatic nitrogens is 3. The van der Waals surface area contributed by atoms with E-state index in [1.807, 2.05) is 18.5 Å². The predicted molar refractivity (Wildman–Crippen MR) is 157 cm³/mol. The standard InChI is InChI=1S/C34H24N4/c1-3-11-31-27(7-1)29-9-5-21-35-33(29)37(31)25-17-13-23(14-18-25)24-15-19-26(20-16-24)38-32-12-4-2-8-28(32)30-10-6-22-36-34(30)38/h1-5,7-9,11-22H,6,10H2. The Morgan fingerprint density at radius 2 is 1.16 bits per heavy atom. The van der Waals surface area contributed by atoms with E-state index in [4.69, 9.17) is 9.98 Å². The zero-order valence-corrected chi connectivity index (χ0v) is 20.8. The molecule has 0 bridgehead atoms. The Balaban J connectivity index is 1.18. The number of benzene rings is 4. The molecule has 1 aliphatic rings. The van der Waals surface area contributed by atoms with Crippen molar-refractivity contribution in [1.29, 1.82) is 0 Å². The first-order chi connectivity index (χ1) is 18.9. The molecule has 4 heterocycles. The SMILES string of the molecule is C1=Nc2c(c3ccccc3n2-c2ccc(-c3ccc(-n4c5ccccc5c5cccnc54)cc3)cc2)CC1. The molecule has 180 valence electrons. The summed E-state index contributed by atoms with van der Waals surface area (Å²) in [5.41, 5.74) is 9.34. The van der Waals surface area contributed by atoms with Crippen LogP contribution in [0.4, 0.5) is 5.82 Å². The fraction of sp³-hybridized carbons (Fsp3) is 0.0588. The summed E-state index contributed by atoms with van der Waals surface area (Å²) in [5, 5.41) is 3.70. The highest BCUT2D eigenvalue weighted by Crippen LogP contribution is 2.38. The smallest absolute Gasteiger partial charge is 0.145 e. The number of hydrogen-bond acceptors (Lipinski definition) is 2. The van der Waals surface area contributed by atoms with E-state index in [0.29, 0.717) is 0 Å².